The number of hydrogen-bond acceptors (Lipinski definition) is 3. The van der Waals surface area contributed by atoms with Gasteiger partial charge in [-0.3, -0.25) is 4.79 Å². The minimum atomic E-state index is 0.00278. The van der Waals surface area contributed by atoms with E-state index in [1.165, 1.54) is 0 Å². The molecule has 0 aliphatic rings. The standard InChI is InChI=1S/C15H24N2O2/c1-3-13(4-2)17(11-10-16)15(18)12-19-14-8-6-5-7-9-14/h5-9,13H,3-4,10-12,16H2,1-2H3. The van der Waals surface area contributed by atoms with Crippen LogP contribution in [0.3, 0.4) is 0 Å². The molecule has 0 unspecified atom stereocenters. The number of carbonyl (C=O) groups excluding carboxylic acids is 1. The van der Waals surface area contributed by atoms with Crippen LogP contribution in [0.2, 0.25) is 0 Å². The Morgan fingerprint density at radius 3 is 2.42 bits per heavy atom. The van der Waals surface area contributed by atoms with Crippen molar-refractivity contribution in [2.75, 3.05) is 19.7 Å². The molecule has 0 aliphatic carbocycles. The molecule has 1 amide bonds. The van der Waals surface area contributed by atoms with E-state index in [1.54, 1.807) is 0 Å². The Bertz CT molecular complexity index is 364. The predicted molar refractivity (Wildman–Crippen MR) is 77.1 cm³/mol. The highest BCUT2D eigenvalue weighted by molar-refractivity contribution is 5.78. The molecule has 4 heteroatoms. The van der Waals surface area contributed by atoms with Crippen molar-refractivity contribution in [1.82, 2.24) is 4.90 Å². The topological polar surface area (TPSA) is 55.6 Å². The van der Waals surface area contributed by atoms with Gasteiger partial charge in [0.25, 0.3) is 5.91 Å². The molecule has 0 aliphatic heterocycles. The van der Waals surface area contributed by atoms with Gasteiger partial charge in [-0.05, 0) is 25.0 Å². The molecule has 4 nitrogen and oxygen atoms in total. The van der Waals surface area contributed by atoms with E-state index in [1.807, 2.05) is 35.2 Å². The lowest BCUT2D eigenvalue weighted by Gasteiger charge is -2.30. The van der Waals surface area contributed by atoms with Crippen molar-refractivity contribution in [2.45, 2.75) is 32.7 Å². The maximum atomic E-state index is 12.2. The second-order valence-corrected chi connectivity index (χ2v) is 4.45. The number of nitrogens with zero attached hydrogens (tertiary/aromatic N) is 1. The molecule has 0 spiro atoms. The van der Waals surface area contributed by atoms with Gasteiger partial charge in [0.15, 0.2) is 6.61 Å². The third-order valence-electron chi connectivity index (χ3n) is 3.18. The summed E-state index contributed by atoms with van der Waals surface area (Å²) in [6, 6.07) is 9.63. The fraction of sp³-hybridized carbons (Fsp3) is 0.533. The highest BCUT2D eigenvalue weighted by atomic mass is 16.5. The zero-order chi connectivity index (χ0) is 14.1. The normalized spacial score (nSPS) is 10.5. The van der Waals surface area contributed by atoms with Gasteiger partial charge in [-0.2, -0.15) is 0 Å². The van der Waals surface area contributed by atoms with E-state index in [9.17, 15) is 4.79 Å². The number of nitrogens with two attached hydrogens (primary N) is 1. The predicted octanol–water partition coefficient (Wildman–Crippen LogP) is 2.04. The molecule has 0 atom stereocenters. The molecule has 1 aromatic carbocycles. The number of carbonyl (C=O) groups is 1. The van der Waals surface area contributed by atoms with Crippen LogP contribution < -0.4 is 10.5 Å². The fourth-order valence-corrected chi connectivity index (χ4v) is 2.12. The van der Waals surface area contributed by atoms with E-state index >= 15 is 0 Å². The van der Waals surface area contributed by atoms with E-state index in [0.717, 1.165) is 12.8 Å². The minimum absolute atomic E-state index is 0.00278. The van der Waals surface area contributed by atoms with Crippen molar-refractivity contribution < 1.29 is 9.53 Å². The van der Waals surface area contributed by atoms with E-state index in [4.69, 9.17) is 10.5 Å². The molecule has 0 saturated heterocycles. The summed E-state index contributed by atoms with van der Waals surface area (Å²) in [6.07, 6.45) is 1.88. The Labute approximate surface area is 115 Å². The molecule has 0 heterocycles. The SMILES string of the molecule is CCC(CC)N(CCN)C(=O)COc1ccccc1. The maximum absolute atomic E-state index is 12.2. The average molecular weight is 264 g/mol. The summed E-state index contributed by atoms with van der Waals surface area (Å²) in [4.78, 5) is 14.0. The van der Waals surface area contributed by atoms with Crippen molar-refractivity contribution >= 4 is 5.91 Å². The van der Waals surface area contributed by atoms with Crippen molar-refractivity contribution in [2.24, 2.45) is 5.73 Å². The zero-order valence-electron chi connectivity index (χ0n) is 11.8. The number of amides is 1. The van der Waals surface area contributed by atoms with E-state index in [2.05, 4.69) is 13.8 Å². The summed E-state index contributed by atoms with van der Waals surface area (Å²) in [5.41, 5.74) is 5.59. The molecule has 1 rings (SSSR count). The summed E-state index contributed by atoms with van der Waals surface area (Å²) in [5, 5.41) is 0. The Hall–Kier alpha value is -1.55. The van der Waals surface area contributed by atoms with Gasteiger partial charge in [-0.1, -0.05) is 32.0 Å². The molecule has 0 saturated carbocycles. The van der Waals surface area contributed by atoms with Crippen LogP contribution in [-0.2, 0) is 4.79 Å². The number of para-hydroxylation sites is 1. The van der Waals surface area contributed by atoms with Gasteiger partial charge in [0.2, 0.25) is 0 Å². The highest BCUT2D eigenvalue weighted by Crippen LogP contribution is 2.11. The van der Waals surface area contributed by atoms with Crippen molar-refractivity contribution in [3.63, 3.8) is 0 Å². The van der Waals surface area contributed by atoms with Crippen LogP contribution in [0.25, 0.3) is 0 Å². The molecule has 0 fully saturated rings. The second kappa shape index (κ2) is 8.53. The average Bonchev–Trinajstić information content (AvgIpc) is 2.46. The summed E-state index contributed by atoms with van der Waals surface area (Å²) < 4.78 is 5.50. The van der Waals surface area contributed by atoms with Crippen LogP contribution in [0.5, 0.6) is 5.75 Å². The molecule has 0 aromatic heterocycles. The first-order valence-electron chi connectivity index (χ1n) is 6.90. The molecular weight excluding hydrogens is 240 g/mol. The maximum Gasteiger partial charge on any atom is 0.260 e. The summed E-state index contributed by atoms with van der Waals surface area (Å²) in [7, 11) is 0. The number of rotatable bonds is 8. The van der Waals surface area contributed by atoms with Crippen molar-refractivity contribution in [3.8, 4) is 5.75 Å². The lowest BCUT2D eigenvalue weighted by atomic mass is 10.1. The Morgan fingerprint density at radius 1 is 1.26 bits per heavy atom. The van der Waals surface area contributed by atoms with Gasteiger partial charge >= 0.3 is 0 Å². The molecule has 2 N–H and O–H groups in total. The lowest BCUT2D eigenvalue weighted by Crippen LogP contribution is -2.44. The molecular formula is C15H24N2O2. The Kier molecular flexibility index (Phi) is 6.97. The molecule has 106 valence electrons. The quantitative estimate of drug-likeness (QED) is 0.781. The van der Waals surface area contributed by atoms with E-state index in [-0.39, 0.29) is 18.6 Å². The largest absolute Gasteiger partial charge is 0.484 e. The summed E-state index contributed by atoms with van der Waals surface area (Å²) in [5.74, 6) is 0.719. The van der Waals surface area contributed by atoms with Gasteiger partial charge in [0, 0.05) is 19.1 Å². The first-order valence-corrected chi connectivity index (χ1v) is 6.90. The van der Waals surface area contributed by atoms with Crippen LogP contribution in [0.1, 0.15) is 26.7 Å². The van der Waals surface area contributed by atoms with Crippen molar-refractivity contribution in [1.29, 1.82) is 0 Å². The smallest absolute Gasteiger partial charge is 0.260 e. The lowest BCUT2D eigenvalue weighted by molar-refractivity contribution is -0.135. The number of hydrogen-bond donors (Lipinski definition) is 1. The van der Waals surface area contributed by atoms with E-state index in [0.29, 0.717) is 18.8 Å². The minimum Gasteiger partial charge on any atom is -0.484 e. The van der Waals surface area contributed by atoms with Crippen LogP contribution in [0, 0.1) is 0 Å². The Morgan fingerprint density at radius 2 is 1.89 bits per heavy atom. The summed E-state index contributed by atoms with van der Waals surface area (Å²) >= 11 is 0. The van der Waals surface area contributed by atoms with Crippen LogP contribution in [0.4, 0.5) is 0 Å². The van der Waals surface area contributed by atoms with Gasteiger partial charge < -0.3 is 15.4 Å². The van der Waals surface area contributed by atoms with E-state index < -0.39 is 0 Å². The van der Waals surface area contributed by atoms with Gasteiger partial charge in [-0.15, -0.1) is 0 Å². The molecule has 19 heavy (non-hydrogen) atoms. The van der Waals surface area contributed by atoms with Gasteiger partial charge in [0.05, 0.1) is 0 Å². The van der Waals surface area contributed by atoms with Crippen LogP contribution >= 0.6 is 0 Å². The van der Waals surface area contributed by atoms with Gasteiger partial charge in [-0.25, -0.2) is 0 Å². The van der Waals surface area contributed by atoms with Crippen LogP contribution in [0.15, 0.2) is 30.3 Å². The first-order chi connectivity index (χ1) is 9.22. The van der Waals surface area contributed by atoms with Crippen molar-refractivity contribution in [3.05, 3.63) is 30.3 Å². The third kappa shape index (κ3) is 4.91. The molecule has 0 radical (unpaired) electrons. The third-order valence-corrected chi connectivity index (χ3v) is 3.18. The van der Waals surface area contributed by atoms with Gasteiger partial charge in [0.1, 0.15) is 5.75 Å². The molecule has 0 bridgehead atoms. The summed E-state index contributed by atoms with van der Waals surface area (Å²) in [6.45, 7) is 5.31. The van der Waals surface area contributed by atoms with Crippen LogP contribution in [-0.4, -0.2) is 36.5 Å². The monoisotopic (exact) mass is 264 g/mol. The second-order valence-electron chi connectivity index (χ2n) is 4.45. The number of ether oxygens (including phenoxy) is 1. The Balaban J connectivity index is 2.57. The fourth-order valence-electron chi connectivity index (χ4n) is 2.12. The highest BCUT2D eigenvalue weighted by Gasteiger charge is 2.20. The zero-order valence-corrected chi connectivity index (χ0v) is 11.8. The molecule has 1 aromatic rings. The first kappa shape index (κ1) is 15.5. The number of benzene rings is 1.